The van der Waals surface area contributed by atoms with E-state index in [9.17, 15) is 8.78 Å². The van der Waals surface area contributed by atoms with E-state index >= 15 is 0 Å². The molecule has 0 saturated heterocycles. The van der Waals surface area contributed by atoms with Gasteiger partial charge < -0.3 is 4.74 Å². The SMILES string of the molecule is CCOc1ccc(C#Cc2ccc(C3CCC(C)CC3)cc2)c(F)c1F. The van der Waals surface area contributed by atoms with E-state index in [2.05, 4.69) is 30.9 Å². The molecule has 3 rings (SSSR count). The Morgan fingerprint density at radius 2 is 1.62 bits per heavy atom. The summed E-state index contributed by atoms with van der Waals surface area (Å²) in [6, 6.07) is 11.0. The minimum Gasteiger partial charge on any atom is -0.491 e. The van der Waals surface area contributed by atoms with Crippen LogP contribution in [0.3, 0.4) is 0 Å². The summed E-state index contributed by atoms with van der Waals surface area (Å²) in [5.74, 6) is 5.08. The molecule has 2 aromatic carbocycles. The second-order valence-corrected chi connectivity index (χ2v) is 7.00. The molecule has 0 aliphatic heterocycles. The van der Waals surface area contributed by atoms with Gasteiger partial charge in [-0.1, -0.05) is 43.7 Å². The van der Waals surface area contributed by atoms with E-state index in [-0.39, 0.29) is 17.9 Å². The van der Waals surface area contributed by atoms with Gasteiger partial charge in [-0.15, -0.1) is 0 Å². The van der Waals surface area contributed by atoms with Gasteiger partial charge in [-0.2, -0.15) is 4.39 Å². The Labute approximate surface area is 154 Å². The highest BCUT2D eigenvalue weighted by atomic mass is 19.2. The van der Waals surface area contributed by atoms with Gasteiger partial charge in [0.15, 0.2) is 11.6 Å². The van der Waals surface area contributed by atoms with Crippen LogP contribution >= 0.6 is 0 Å². The molecule has 1 nitrogen and oxygen atoms in total. The monoisotopic (exact) mass is 354 g/mol. The maximum absolute atomic E-state index is 14.1. The first-order valence-corrected chi connectivity index (χ1v) is 9.31. The third-order valence-electron chi connectivity index (χ3n) is 5.09. The van der Waals surface area contributed by atoms with Crippen molar-refractivity contribution < 1.29 is 13.5 Å². The van der Waals surface area contributed by atoms with Gasteiger partial charge in [-0.25, -0.2) is 4.39 Å². The molecule has 1 saturated carbocycles. The Morgan fingerprint density at radius 1 is 0.923 bits per heavy atom. The summed E-state index contributed by atoms with van der Waals surface area (Å²) in [6.07, 6.45) is 5.05. The Morgan fingerprint density at radius 3 is 2.27 bits per heavy atom. The Balaban J connectivity index is 1.73. The van der Waals surface area contributed by atoms with Gasteiger partial charge in [0, 0.05) is 5.56 Å². The number of hydrogen-bond acceptors (Lipinski definition) is 1. The molecule has 1 aliphatic rings. The molecule has 26 heavy (non-hydrogen) atoms. The van der Waals surface area contributed by atoms with E-state index in [0.29, 0.717) is 5.92 Å². The van der Waals surface area contributed by atoms with Crippen molar-refractivity contribution in [2.75, 3.05) is 6.61 Å². The maximum Gasteiger partial charge on any atom is 0.201 e. The Hall–Kier alpha value is -2.34. The van der Waals surface area contributed by atoms with Crippen molar-refractivity contribution >= 4 is 0 Å². The standard InChI is InChI=1S/C23H24F2O/c1-3-26-21-15-14-20(22(24)23(21)25)13-8-17-6-11-19(12-7-17)18-9-4-16(2)5-10-18/h6-7,11-12,14-16,18H,3-5,9-10H2,1-2H3. The van der Waals surface area contributed by atoms with Gasteiger partial charge in [-0.05, 0) is 61.4 Å². The van der Waals surface area contributed by atoms with Crippen LogP contribution < -0.4 is 4.74 Å². The van der Waals surface area contributed by atoms with Crippen molar-refractivity contribution in [3.05, 3.63) is 64.7 Å². The highest BCUT2D eigenvalue weighted by molar-refractivity contribution is 5.46. The average Bonchev–Trinajstić information content (AvgIpc) is 2.66. The molecule has 0 atom stereocenters. The van der Waals surface area contributed by atoms with Gasteiger partial charge in [0.2, 0.25) is 5.82 Å². The molecular formula is C23H24F2O. The van der Waals surface area contributed by atoms with E-state index in [1.54, 1.807) is 6.92 Å². The van der Waals surface area contributed by atoms with Gasteiger partial charge in [0.05, 0.1) is 12.2 Å². The normalized spacial score (nSPS) is 19.5. The fourth-order valence-electron chi connectivity index (χ4n) is 3.47. The fourth-order valence-corrected chi connectivity index (χ4v) is 3.47. The summed E-state index contributed by atoms with van der Waals surface area (Å²) in [5.41, 5.74) is 2.18. The summed E-state index contributed by atoms with van der Waals surface area (Å²) in [5, 5.41) is 0. The van der Waals surface area contributed by atoms with Crippen LogP contribution in [0.25, 0.3) is 0 Å². The first kappa shape index (κ1) is 18.5. The van der Waals surface area contributed by atoms with E-state index < -0.39 is 11.6 Å². The summed E-state index contributed by atoms with van der Waals surface area (Å²) >= 11 is 0. The summed E-state index contributed by atoms with van der Waals surface area (Å²) < 4.78 is 33.0. The van der Waals surface area contributed by atoms with Gasteiger partial charge in [-0.3, -0.25) is 0 Å². The van der Waals surface area contributed by atoms with Crippen molar-refractivity contribution in [1.82, 2.24) is 0 Å². The van der Waals surface area contributed by atoms with Crippen molar-refractivity contribution in [2.24, 2.45) is 5.92 Å². The molecule has 0 heterocycles. The van der Waals surface area contributed by atoms with Crippen molar-refractivity contribution in [3.63, 3.8) is 0 Å². The van der Waals surface area contributed by atoms with Crippen LogP contribution in [0.15, 0.2) is 36.4 Å². The van der Waals surface area contributed by atoms with Crippen LogP contribution in [0, 0.1) is 29.4 Å². The summed E-state index contributed by atoms with van der Waals surface area (Å²) in [4.78, 5) is 0. The molecule has 2 aromatic rings. The van der Waals surface area contributed by atoms with Crippen molar-refractivity contribution in [2.45, 2.75) is 45.4 Å². The topological polar surface area (TPSA) is 9.23 Å². The van der Waals surface area contributed by atoms with Gasteiger partial charge in [0.1, 0.15) is 0 Å². The number of halogens is 2. The lowest BCUT2D eigenvalue weighted by molar-refractivity contribution is 0.314. The largest absolute Gasteiger partial charge is 0.491 e. The molecule has 0 bridgehead atoms. The average molecular weight is 354 g/mol. The first-order chi connectivity index (χ1) is 12.6. The quantitative estimate of drug-likeness (QED) is 0.609. The minimum absolute atomic E-state index is 0.0382. The molecule has 1 fully saturated rings. The lowest BCUT2D eigenvalue weighted by Crippen LogP contribution is -2.10. The second-order valence-electron chi connectivity index (χ2n) is 7.00. The van der Waals surface area contributed by atoms with Crippen molar-refractivity contribution in [1.29, 1.82) is 0 Å². The zero-order chi connectivity index (χ0) is 18.5. The van der Waals surface area contributed by atoms with Crippen LogP contribution in [0.2, 0.25) is 0 Å². The van der Waals surface area contributed by atoms with E-state index in [0.717, 1.165) is 11.5 Å². The molecule has 1 aliphatic carbocycles. The van der Waals surface area contributed by atoms with Gasteiger partial charge >= 0.3 is 0 Å². The highest BCUT2D eigenvalue weighted by Gasteiger charge is 2.19. The minimum atomic E-state index is -0.986. The van der Waals surface area contributed by atoms with Crippen LogP contribution in [0.1, 0.15) is 62.1 Å². The van der Waals surface area contributed by atoms with E-state index in [1.807, 2.05) is 12.1 Å². The first-order valence-electron chi connectivity index (χ1n) is 9.31. The zero-order valence-electron chi connectivity index (χ0n) is 15.3. The summed E-state index contributed by atoms with van der Waals surface area (Å²) in [6.45, 7) is 4.33. The molecular weight excluding hydrogens is 330 g/mol. The van der Waals surface area contributed by atoms with Crippen LogP contribution in [-0.4, -0.2) is 6.61 Å². The molecule has 0 aromatic heterocycles. The van der Waals surface area contributed by atoms with E-state index in [4.69, 9.17) is 4.74 Å². The van der Waals surface area contributed by atoms with E-state index in [1.165, 1.54) is 43.4 Å². The molecule has 0 radical (unpaired) electrons. The maximum atomic E-state index is 14.1. The summed E-state index contributed by atoms with van der Waals surface area (Å²) in [7, 11) is 0. The van der Waals surface area contributed by atoms with Gasteiger partial charge in [0.25, 0.3) is 0 Å². The van der Waals surface area contributed by atoms with Crippen LogP contribution in [0.5, 0.6) is 5.75 Å². The van der Waals surface area contributed by atoms with Crippen molar-refractivity contribution in [3.8, 4) is 17.6 Å². The fraction of sp³-hybridized carbons (Fsp3) is 0.391. The highest BCUT2D eigenvalue weighted by Crippen LogP contribution is 2.35. The lowest BCUT2D eigenvalue weighted by Gasteiger charge is -2.26. The molecule has 0 amide bonds. The lowest BCUT2D eigenvalue weighted by atomic mass is 9.79. The second kappa shape index (κ2) is 8.36. The number of benzene rings is 2. The third kappa shape index (κ3) is 4.25. The molecule has 0 unspecified atom stereocenters. The third-order valence-corrected chi connectivity index (χ3v) is 5.09. The van der Waals surface area contributed by atoms with Crippen LogP contribution in [-0.2, 0) is 0 Å². The smallest absolute Gasteiger partial charge is 0.201 e. The van der Waals surface area contributed by atoms with Crippen LogP contribution in [0.4, 0.5) is 8.78 Å². The number of rotatable bonds is 3. The Bertz CT molecular complexity index is 807. The predicted octanol–water partition coefficient (Wildman–Crippen LogP) is 6.06. The molecule has 3 heteroatoms. The zero-order valence-corrected chi connectivity index (χ0v) is 15.3. The molecule has 136 valence electrons. The Kier molecular flexibility index (Phi) is 5.93. The molecule has 0 N–H and O–H groups in total. The molecule has 0 spiro atoms. The number of ether oxygens (including phenoxy) is 1. The number of hydrogen-bond donors (Lipinski definition) is 0. The predicted molar refractivity (Wildman–Crippen MR) is 100 cm³/mol.